The summed E-state index contributed by atoms with van der Waals surface area (Å²) in [6.45, 7) is 2.33. The largest absolute Gasteiger partial charge is 0.342 e. The molecule has 1 saturated heterocycles. The highest BCUT2D eigenvalue weighted by Gasteiger charge is 2.37. The van der Waals surface area contributed by atoms with E-state index in [1.165, 1.54) is 12.1 Å². The van der Waals surface area contributed by atoms with Crippen LogP contribution in [-0.4, -0.2) is 30.4 Å². The highest BCUT2D eigenvalue weighted by Crippen LogP contribution is 2.34. The number of nitrogens with two attached hydrogens (primary N) is 1. The van der Waals surface area contributed by atoms with E-state index in [0.29, 0.717) is 24.3 Å². The van der Waals surface area contributed by atoms with Gasteiger partial charge >= 0.3 is 0 Å². The number of nitrogens with zero attached hydrogens (tertiary/aromatic N) is 1. The maximum absolute atomic E-state index is 12.9. The number of carbonyl (C=O) groups is 1. The van der Waals surface area contributed by atoms with Gasteiger partial charge in [0.05, 0.1) is 0 Å². The number of carbonyl (C=O) groups excluding carboxylic acids is 1. The normalized spacial score (nSPS) is 27.0. The topological polar surface area (TPSA) is 46.3 Å². The number of halogens is 2. The van der Waals surface area contributed by atoms with E-state index in [4.69, 9.17) is 5.73 Å². The van der Waals surface area contributed by atoms with E-state index >= 15 is 0 Å². The van der Waals surface area contributed by atoms with Crippen LogP contribution in [0.5, 0.6) is 0 Å². The van der Waals surface area contributed by atoms with Crippen LogP contribution in [0.2, 0.25) is 0 Å². The van der Waals surface area contributed by atoms with E-state index in [1.807, 2.05) is 17.0 Å². The van der Waals surface area contributed by atoms with Crippen LogP contribution in [0.1, 0.15) is 31.2 Å². The van der Waals surface area contributed by atoms with Gasteiger partial charge in [0, 0.05) is 19.0 Å². The van der Waals surface area contributed by atoms with Gasteiger partial charge in [-0.3, -0.25) is 4.79 Å². The predicted octanol–water partition coefficient (Wildman–Crippen LogP) is 3.01. The summed E-state index contributed by atoms with van der Waals surface area (Å²) in [6, 6.07) is 6.72. The van der Waals surface area contributed by atoms with Crippen molar-refractivity contribution >= 4 is 18.3 Å². The Morgan fingerprint density at radius 1 is 1.22 bits per heavy atom. The molecule has 2 fully saturated rings. The van der Waals surface area contributed by atoms with Crippen LogP contribution in [-0.2, 0) is 11.2 Å². The first kappa shape index (κ1) is 18.2. The van der Waals surface area contributed by atoms with Gasteiger partial charge in [-0.25, -0.2) is 4.39 Å². The maximum Gasteiger partial charge on any atom is 0.226 e. The fraction of sp³-hybridized carbons (Fsp3) is 0.611. The van der Waals surface area contributed by atoms with Gasteiger partial charge in [0.1, 0.15) is 5.82 Å². The van der Waals surface area contributed by atoms with Gasteiger partial charge < -0.3 is 10.6 Å². The third-order valence-electron chi connectivity index (χ3n) is 5.31. The average molecular weight is 341 g/mol. The monoisotopic (exact) mass is 340 g/mol. The molecule has 3 rings (SSSR count). The fourth-order valence-corrected chi connectivity index (χ4v) is 4.03. The van der Waals surface area contributed by atoms with Crippen LogP contribution in [0.15, 0.2) is 24.3 Å². The minimum Gasteiger partial charge on any atom is -0.342 e. The van der Waals surface area contributed by atoms with Crippen molar-refractivity contribution in [3.05, 3.63) is 35.6 Å². The van der Waals surface area contributed by atoms with E-state index < -0.39 is 0 Å². The summed E-state index contributed by atoms with van der Waals surface area (Å²) in [4.78, 5) is 14.7. The zero-order chi connectivity index (χ0) is 15.5. The molecule has 1 saturated carbocycles. The minimum absolute atomic E-state index is 0. The highest BCUT2D eigenvalue weighted by atomic mass is 35.5. The van der Waals surface area contributed by atoms with Gasteiger partial charge in [0.25, 0.3) is 0 Å². The van der Waals surface area contributed by atoms with E-state index in [0.717, 1.165) is 50.8 Å². The lowest BCUT2D eigenvalue weighted by Crippen LogP contribution is -2.37. The molecule has 1 aromatic carbocycles. The molecule has 1 amide bonds. The smallest absolute Gasteiger partial charge is 0.226 e. The Morgan fingerprint density at radius 3 is 2.65 bits per heavy atom. The molecule has 1 unspecified atom stereocenters. The predicted molar refractivity (Wildman–Crippen MR) is 91.9 cm³/mol. The van der Waals surface area contributed by atoms with E-state index in [9.17, 15) is 9.18 Å². The first-order chi connectivity index (χ1) is 10.7. The molecular formula is C18H26ClFN2O. The molecule has 1 heterocycles. The zero-order valence-electron chi connectivity index (χ0n) is 13.4. The Hall–Kier alpha value is -1.13. The molecule has 0 radical (unpaired) electrons. The summed E-state index contributed by atoms with van der Waals surface area (Å²) in [5.74, 6) is 1.14. The van der Waals surface area contributed by atoms with Gasteiger partial charge in [-0.1, -0.05) is 18.6 Å². The molecule has 128 valence electrons. The molecule has 3 atom stereocenters. The molecule has 1 aromatic rings. The van der Waals surface area contributed by atoms with Crippen molar-refractivity contribution in [1.82, 2.24) is 4.90 Å². The van der Waals surface area contributed by atoms with Crippen LogP contribution in [0.4, 0.5) is 4.39 Å². The number of likely N-dealkylation sites (tertiary alicyclic amines) is 1. The number of hydrogen-bond acceptors (Lipinski definition) is 2. The lowest BCUT2D eigenvalue weighted by Gasteiger charge is -2.24. The third-order valence-corrected chi connectivity index (χ3v) is 5.31. The Kier molecular flexibility index (Phi) is 6.42. The van der Waals surface area contributed by atoms with Crippen molar-refractivity contribution in [1.29, 1.82) is 0 Å². The molecule has 1 aliphatic carbocycles. The molecule has 2 aliphatic rings. The average Bonchev–Trinajstić information content (AvgIpc) is 3.17. The Balaban J connectivity index is 0.00000192. The highest BCUT2D eigenvalue weighted by molar-refractivity contribution is 5.85. The van der Waals surface area contributed by atoms with Crippen LogP contribution in [0, 0.1) is 23.6 Å². The lowest BCUT2D eigenvalue weighted by atomic mass is 9.94. The van der Waals surface area contributed by atoms with E-state index in [-0.39, 0.29) is 24.1 Å². The first-order valence-electron chi connectivity index (χ1n) is 8.40. The van der Waals surface area contributed by atoms with Crippen molar-refractivity contribution in [2.45, 2.75) is 32.1 Å². The van der Waals surface area contributed by atoms with E-state index in [1.54, 1.807) is 0 Å². The van der Waals surface area contributed by atoms with Gasteiger partial charge in [-0.2, -0.15) is 0 Å². The van der Waals surface area contributed by atoms with Gasteiger partial charge in [-0.15, -0.1) is 12.4 Å². The van der Waals surface area contributed by atoms with Crippen molar-refractivity contribution in [3.63, 3.8) is 0 Å². The van der Waals surface area contributed by atoms with Crippen molar-refractivity contribution in [2.75, 3.05) is 19.6 Å². The van der Waals surface area contributed by atoms with Crippen molar-refractivity contribution in [3.8, 4) is 0 Å². The summed E-state index contributed by atoms with van der Waals surface area (Å²) < 4.78 is 12.9. The molecule has 0 bridgehead atoms. The fourth-order valence-electron chi connectivity index (χ4n) is 4.03. The molecular weight excluding hydrogens is 315 g/mol. The van der Waals surface area contributed by atoms with Crippen molar-refractivity contribution < 1.29 is 9.18 Å². The van der Waals surface area contributed by atoms with Crippen LogP contribution < -0.4 is 5.73 Å². The van der Waals surface area contributed by atoms with Gasteiger partial charge in [-0.05, 0) is 61.8 Å². The summed E-state index contributed by atoms with van der Waals surface area (Å²) in [6.07, 6.45) is 5.20. The SMILES string of the molecule is Cl.NC[C@H]1CCC[C@H]1C(=O)N1CCC(Cc2ccc(F)cc2)C1. The van der Waals surface area contributed by atoms with Crippen LogP contribution >= 0.6 is 12.4 Å². The molecule has 1 aliphatic heterocycles. The summed E-state index contributed by atoms with van der Waals surface area (Å²) >= 11 is 0. The third kappa shape index (κ3) is 4.24. The zero-order valence-corrected chi connectivity index (χ0v) is 14.2. The molecule has 2 N–H and O–H groups in total. The number of hydrogen-bond donors (Lipinski definition) is 1. The standard InChI is InChI=1S/C18H25FN2O.ClH/c19-16-6-4-13(5-7-16)10-14-8-9-21(12-14)18(22)17-3-1-2-15(17)11-20;/h4-7,14-15,17H,1-3,8-12,20H2;1H/t14?,15-,17-;/m1./s1. The molecule has 23 heavy (non-hydrogen) atoms. The van der Waals surface area contributed by atoms with Crippen molar-refractivity contribution in [2.24, 2.45) is 23.5 Å². The first-order valence-corrected chi connectivity index (χ1v) is 8.40. The van der Waals surface area contributed by atoms with E-state index in [2.05, 4.69) is 0 Å². The van der Waals surface area contributed by atoms with Crippen LogP contribution in [0.3, 0.4) is 0 Å². The second-order valence-corrected chi connectivity index (χ2v) is 6.80. The minimum atomic E-state index is -0.193. The summed E-state index contributed by atoms with van der Waals surface area (Å²) in [7, 11) is 0. The van der Waals surface area contributed by atoms with Gasteiger partial charge in [0.2, 0.25) is 5.91 Å². The quantitative estimate of drug-likeness (QED) is 0.915. The summed E-state index contributed by atoms with van der Waals surface area (Å²) in [5, 5.41) is 0. The maximum atomic E-state index is 12.9. The molecule has 0 aromatic heterocycles. The molecule has 5 heteroatoms. The Bertz CT molecular complexity index is 522. The number of amides is 1. The molecule has 0 spiro atoms. The Morgan fingerprint density at radius 2 is 1.96 bits per heavy atom. The second-order valence-electron chi connectivity index (χ2n) is 6.80. The second kappa shape index (κ2) is 8.11. The molecule has 3 nitrogen and oxygen atoms in total. The van der Waals surface area contributed by atoms with Gasteiger partial charge in [0.15, 0.2) is 0 Å². The summed E-state index contributed by atoms with van der Waals surface area (Å²) in [5.41, 5.74) is 6.96. The van der Waals surface area contributed by atoms with Crippen LogP contribution in [0.25, 0.3) is 0 Å². The number of benzene rings is 1. The lowest BCUT2D eigenvalue weighted by molar-refractivity contribution is -0.135. The number of rotatable bonds is 4. The Labute approximate surface area is 143 Å².